The first-order valence-corrected chi connectivity index (χ1v) is 8.26. The Morgan fingerprint density at radius 2 is 2.19 bits per heavy atom. The fraction of sp³-hybridized carbons (Fsp3) is 0.214. The number of carbonyl (C=O) groups is 1. The molecule has 0 saturated heterocycles. The minimum absolute atomic E-state index is 0.0681. The molecule has 108 valence electrons. The number of thioether (sulfide) groups is 1. The zero-order valence-electron chi connectivity index (χ0n) is 11.7. The average Bonchev–Trinajstić information content (AvgIpc) is 3.01. The second-order valence-electron chi connectivity index (χ2n) is 4.57. The third-order valence-corrected chi connectivity index (χ3v) is 4.85. The van der Waals surface area contributed by atoms with Crippen molar-refractivity contribution in [2.75, 3.05) is 11.1 Å². The summed E-state index contributed by atoms with van der Waals surface area (Å²) in [6.45, 7) is 1.90. The van der Waals surface area contributed by atoms with Crippen molar-refractivity contribution in [3.63, 3.8) is 0 Å². The summed E-state index contributed by atoms with van der Waals surface area (Å²) in [4.78, 5) is 20.7. The Kier molecular flexibility index (Phi) is 3.94. The number of carbonyl (C=O) groups excluding carboxylic acids is 1. The molecule has 7 heteroatoms. The van der Waals surface area contributed by atoms with Crippen LogP contribution in [0.4, 0.5) is 5.13 Å². The van der Waals surface area contributed by atoms with Gasteiger partial charge < -0.3 is 9.88 Å². The molecule has 1 aromatic carbocycles. The zero-order chi connectivity index (χ0) is 14.8. The molecule has 2 heterocycles. The van der Waals surface area contributed by atoms with Crippen molar-refractivity contribution < 1.29 is 4.79 Å². The van der Waals surface area contributed by atoms with Gasteiger partial charge in [-0.15, -0.1) is 11.3 Å². The average molecular weight is 318 g/mol. The summed E-state index contributed by atoms with van der Waals surface area (Å²) < 4.78 is 2.00. The molecule has 21 heavy (non-hydrogen) atoms. The number of fused-ring (bicyclic) bond motifs is 1. The highest BCUT2D eigenvalue weighted by molar-refractivity contribution is 7.99. The number of thiazole rings is 1. The van der Waals surface area contributed by atoms with Gasteiger partial charge in [0.25, 0.3) is 0 Å². The Morgan fingerprint density at radius 3 is 2.90 bits per heavy atom. The Labute approximate surface area is 130 Å². The third-order valence-electron chi connectivity index (χ3n) is 2.94. The van der Waals surface area contributed by atoms with Crippen LogP contribution >= 0.6 is 23.1 Å². The first-order valence-electron chi connectivity index (χ1n) is 6.40. The van der Waals surface area contributed by atoms with E-state index in [9.17, 15) is 4.79 Å². The van der Waals surface area contributed by atoms with Crippen LogP contribution in [-0.4, -0.2) is 26.2 Å². The van der Waals surface area contributed by atoms with Gasteiger partial charge in [-0.25, -0.2) is 9.97 Å². The first-order chi connectivity index (χ1) is 10.1. The van der Waals surface area contributed by atoms with Crippen molar-refractivity contribution >= 4 is 45.2 Å². The second kappa shape index (κ2) is 5.87. The molecule has 0 aliphatic rings. The van der Waals surface area contributed by atoms with Gasteiger partial charge in [-0.05, 0) is 19.1 Å². The number of hydrogen-bond acceptors (Lipinski definition) is 5. The smallest absolute Gasteiger partial charge is 0.236 e. The van der Waals surface area contributed by atoms with Gasteiger partial charge >= 0.3 is 0 Å². The molecule has 0 bridgehead atoms. The molecular formula is C14H14N4OS2. The number of amides is 1. The van der Waals surface area contributed by atoms with Gasteiger partial charge in [-0.1, -0.05) is 23.9 Å². The van der Waals surface area contributed by atoms with E-state index >= 15 is 0 Å². The number of aryl methyl sites for hydroxylation is 2. The standard InChI is InChI=1S/C14H14N4OS2/c1-9-7-20-13(15-9)17-12(19)8-21-14-16-10-5-3-4-6-11(10)18(14)2/h3-7H,8H2,1-2H3,(H,15,17,19). The lowest BCUT2D eigenvalue weighted by Crippen LogP contribution is -2.14. The molecule has 3 rings (SSSR count). The number of rotatable bonds is 4. The monoisotopic (exact) mass is 318 g/mol. The summed E-state index contributed by atoms with van der Waals surface area (Å²) in [7, 11) is 1.96. The van der Waals surface area contributed by atoms with E-state index < -0.39 is 0 Å². The lowest BCUT2D eigenvalue weighted by atomic mass is 10.3. The van der Waals surface area contributed by atoms with Crippen molar-refractivity contribution in [3.05, 3.63) is 35.3 Å². The van der Waals surface area contributed by atoms with Crippen LogP contribution in [0.1, 0.15) is 5.69 Å². The molecule has 0 aliphatic carbocycles. The van der Waals surface area contributed by atoms with E-state index in [-0.39, 0.29) is 5.91 Å². The van der Waals surface area contributed by atoms with Crippen molar-refractivity contribution in [1.29, 1.82) is 0 Å². The molecule has 3 aromatic rings. The lowest BCUT2D eigenvalue weighted by molar-refractivity contribution is -0.113. The van der Waals surface area contributed by atoms with E-state index in [0.717, 1.165) is 21.9 Å². The quantitative estimate of drug-likeness (QED) is 0.751. The molecule has 0 radical (unpaired) electrons. The maximum atomic E-state index is 11.9. The Balaban J connectivity index is 1.66. The number of benzene rings is 1. The number of para-hydroxylation sites is 2. The van der Waals surface area contributed by atoms with E-state index in [2.05, 4.69) is 15.3 Å². The fourth-order valence-electron chi connectivity index (χ4n) is 1.95. The number of imidazole rings is 1. The summed E-state index contributed by atoms with van der Waals surface area (Å²) in [6.07, 6.45) is 0. The largest absolute Gasteiger partial charge is 0.322 e. The highest BCUT2D eigenvalue weighted by atomic mass is 32.2. The first kappa shape index (κ1) is 14.1. The molecule has 5 nitrogen and oxygen atoms in total. The van der Waals surface area contributed by atoms with E-state index in [1.165, 1.54) is 23.1 Å². The van der Waals surface area contributed by atoms with Crippen LogP contribution in [0.3, 0.4) is 0 Å². The van der Waals surface area contributed by atoms with Crippen molar-refractivity contribution in [2.45, 2.75) is 12.1 Å². The molecule has 0 saturated carbocycles. The molecule has 0 fully saturated rings. The van der Waals surface area contributed by atoms with Crippen molar-refractivity contribution in [1.82, 2.24) is 14.5 Å². The number of nitrogens with zero attached hydrogens (tertiary/aromatic N) is 3. The molecular weight excluding hydrogens is 304 g/mol. The van der Waals surface area contributed by atoms with E-state index in [1.54, 1.807) is 0 Å². The van der Waals surface area contributed by atoms with E-state index in [0.29, 0.717) is 10.9 Å². The van der Waals surface area contributed by atoms with E-state index in [4.69, 9.17) is 0 Å². The maximum absolute atomic E-state index is 11.9. The molecule has 0 atom stereocenters. The third kappa shape index (κ3) is 3.08. The number of hydrogen-bond donors (Lipinski definition) is 1. The summed E-state index contributed by atoms with van der Waals surface area (Å²) in [5.74, 6) is 0.247. The van der Waals surface area contributed by atoms with Gasteiger partial charge in [0.2, 0.25) is 5.91 Å². The van der Waals surface area contributed by atoms with Gasteiger partial charge in [0, 0.05) is 12.4 Å². The molecule has 2 aromatic heterocycles. The maximum Gasteiger partial charge on any atom is 0.236 e. The summed E-state index contributed by atoms with van der Waals surface area (Å²) in [6, 6.07) is 7.93. The summed E-state index contributed by atoms with van der Waals surface area (Å²) in [5, 5.41) is 6.18. The molecule has 1 amide bonds. The predicted octanol–water partition coefficient (Wildman–Crippen LogP) is 3.07. The Bertz CT molecular complexity index is 793. The number of aromatic nitrogens is 3. The van der Waals surface area contributed by atoms with Crippen LogP contribution in [0, 0.1) is 6.92 Å². The molecule has 0 aliphatic heterocycles. The van der Waals surface area contributed by atoms with Gasteiger partial charge in [-0.3, -0.25) is 4.79 Å². The van der Waals surface area contributed by atoms with Crippen LogP contribution in [0.25, 0.3) is 11.0 Å². The van der Waals surface area contributed by atoms with Crippen LogP contribution < -0.4 is 5.32 Å². The SMILES string of the molecule is Cc1csc(NC(=O)CSc2nc3ccccc3n2C)n1. The van der Waals surface area contributed by atoms with Gasteiger partial charge in [-0.2, -0.15) is 0 Å². The van der Waals surface area contributed by atoms with Crippen molar-refractivity contribution in [2.24, 2.45) is 7.05 Å². The Morgan fingerprint density at radius 1 is 1.38 bits per heavy atom. The van der Waals surface area contributed by atoms with Gasteiger partial charge in [0.15, 0.2) is 10.3 Å². The molecule has 0 spiro atoms. The van der Waals surface area contributed by atoms with Gasteiger partial charge in [0.05, 0.1) is 22.5 Å². The van der Waals surface area contributed by atoms with Crippen molar-refractivity contribution in [3.8, 4) is 0 Å². The molecule has 0 unspecified atom stereocenters. The Hall–Kier alpha value is -1.86. The van der Waals surface area contributed by atoms with Crippen LogP contribution in [0.2, 0.25) is 0 Å². The highest BCUT2D eigenvalue weighted by Gasteiger charge is 2.11. The van der Waals surface area contributed by atoms with E-state index in [1.807, 2.05) is 48.2 Å². The molecule has 1 N–H and O–H groups in total. The van der Waals surface area contributed by atoms with Crippen LogP contribution in [0.15, 0.2) is 34.8 Å². The van der Waals surface area contributed by atoms with Gasteiger partial charge in [0.1, 0.15) is 0 Å². The lowest BCUT2D eigenvalue weighted by Gasteiger charge is -2.02. The second-order valence-corrected chi connectivity index (χ2v) is 6.37. The predicted molar refractivity (Wildman–Crippen MR) is 86.9 cm³/mol. The topological polar surface area (TPSA) is 59.8 Å². The number of anilines is 1. The minimum Gasteiger partial charge on any atom is -0.322 e. The minimum atomic E-state index is -0.0681. The highest BCUT2D eigenvalue weighted by Crippen LogP contribution is 2.23. The zero-order valence-corrected chi connectivity index (χ0v) is 13.3. The fourth-order valence-corrected chi connectivity index (χ4v) is 3.44. The summed E-state index contributed by atoms with van der Waals surface area (Å²) in [5.41, 5.74) is 2.92. The summed E-state index contributed by atoms with van der Waals surface area (Å²) >= 11 is 2.86. The number of nitrogens with one attached hydrogen (secondary N) is 1. The van der Waals surface area contributed by atoms with Crippen LogP contribution in [-0.2, 0) is 11.8 Å². The van der Waals surface area contributed by atoms with Crippen LogP contribution in [0.5, 0.6) is 0 Å². The normalized spacial score (nSPS) is 11.0.